The van der Waals surface area contributed by atoms with Crippen LogP contribution in [0, 0.1) is 0 Å². The maximum atomic E-state index is 12.7. The van der Waals surface area contributed by atoms with Crippen LogP contribution in [0.25, 0.3) is 0 Å². The zero-order valence-electron chi connectivity index (χ0n) is 14.6. The summed E-state index contributed by atoms with van der Waals surface area (Å²) in [6.45, 7) is 0.220. The van der Waals surface area contributed by atoms with Crippen molar-refractivity contribution in [3.8, 4) is 5.75 Å². The van der Waals surface area contributed by atoms with E-state index in [1.807, 2.05) is 49.3 Å². The average Bonchev–Trinajstić information content (AvgIpc) is 2.59. The molecule has 0 heterocycles. The number of ether oxygens (including phenoxy) is 1. The van der Waals surface area contributed by atoms with Crippen molar-refractivity contribution in [1.29, 1.82) is 0 Å². The smallest absolute Gasteiger partial charge is 0.416 e. The van der Waals surface area contributed by atoms with E-state index >= 15 is 0 Å². The van der Waals surface area contributed by atoms with Crippen LogP contribution in [0.5, 0.6) is 5.75 Å². The van der Waals surface area contributed by atoms with Crippen molar-refractivity contribution in [1.82, 2.24) is 10.2 Å². The van der Waals surface area contributed by atoms with Gasteiger partial charge in [-0.1, -0.05) is 36.4 Å². The van der Waals surface area contributed by atoms with Gasteiger partial charge in [0.1, 0.15) is 5.75 Å². The number of halogens is 3. The van der Waals surface area contributed by atoms with Crippen molar-refractivity contribution in [2.24, 2.45) is 0 Å². The molecule has 2 aromatic carbocycles. The second kappa shape index (κ2) is 8.71. The molecule has 0 fully saturated rings. The van der Waals surface area contributed by atoms with Crippen LogP contribution in [0.2, 0.25) is 0 Å². The molecule has 4 nitrogen and oxygen atoms in total. The third-order valence-corrected chi connectivity index (χ3v) is 3.62. The Morgan fingerprint density at radius 1 is 1.12 bits per heavy atom. The van der Waals surface area contributed by atoms with Crippen LogP contribution < -0.4 is 10.1 Å². The lowest BCUT2D eigenvalue weighted by Crippen LogP contribution is -2.37. The topological polar surface area (TPSA) is 41.6 Å². The molecule has 1 amide bonds. The minimum Gasteiger partial charge on any atom is -0.484 e. The summed E-state index contributed by atoms with van der Waals surface area (Å²) < 4.78 is 43.3. The first kappa shape index (κ1) is 19.8. The van der Waals surface area contributed by atoms with Crippen molar-refractivity contribution < 1.29 is 22.7 Å². The Bertz CT molecular complexity index is 718. The third-order valence-electron chi connectivity index (χ3n) is 3.62. The van der Waals surface area contributed by atoms with Gasteiger partial charge >= 0.3 is 6.18 Å². The van der Waals surface area contributed by atoms with Gasteiger partial charge < -0.3 is 15.0 Å². The summed E-state index contributed by atoms with van der Waals surface area (Å²) in [7, 11) is 3.78. The molecule has 1 atom stereocenters. The Labute approximate surface area is 150 Å². The lowest BCUT2D eigenvalue weighted by molar-refractivity contribution is -0.137. The van der Waals surface area contributed by atoms with Crippen LogP contribution in [-0.2, 0) is 11.0 Å². The van der Waals surface area contributed by atoms with E-state index in [2.05, 4.69) is 5.32 Å². The number of hydrogen-bond acceptors (Lipinski definition) is 3. The van der Waals surface area contributed by atoms with E-state index < -0.39 is 17.6 Å². The van der Waals surface area contributed by atoms with Gasteiger partial charge in [0.2, 0.25) is 0 Å². The van der Waals surface area contributed by atoms with E-state index in [0.29, 0.717) is 6.54 Å². The molecule has 0 saturated carbocycles. The summed E-state index contributed by atoms with van der Waals surface area (Å²) in [5, 5.41) is 2.85. The fraction of sp³-hybridized carbons (Fsp3) is 0.316. The number of nitrogens with one attached hydrogen (secondary N) is 1. The standard InChI is InChI=1S/C19H21F3N2O2/c1-24(2)12-17(14-7-4-3-5-8-14)23-18(25)13-26-16-10-6-9-15(11-16)19(20,21)22/h3-11,17H,12-13H2,1-2H3,(H,23,25)/t17-/m1/s1. The minimum absolute atomic E-state index is 0.00107. The van der Waals surface area contributed by atoms with Crippen LogP contribution in [0.1, 0.15) is 17.2 Å². The van der Waals surface area contributed by atoms with Crippen LogP contribution in [0.3, 0.4) is 0 Å². The summed E-state index contributed by atoms with van der Waals surface area (Å²) in [6.07, 6.45) is -4.45. The van der Waals surface area contributed by atoms with E-state index in [4.69, 9.17) is 4.74 Å². The van der Waals surface area contributed by atoms with Crippen molar-refractivity contribution in [3.63, 3.8) is 0 Å². The summed E-state index contributed by atoms with van der Waals surface area (Å²) in [6, 6.07) is 13.7. The number of carbonyl (C=O) groups is 1. The van der Waals surface area contributed by atoms with Gasteiger partial charge in [-0.3, -0.25) is 4.79 Å². The van der Waals surface area contributed by atoms with Crippen LogP contribution >= 0.6 is 0 Å². The highest BCUT2D eigenvalue weighted by Gasteiger charge is 2.30. The number of alkyl halides is 3. The van der Waals surface area contributed by atoms with Crippen molar-refractivity contribution in [2.45, 2.75) is 12.2 Å². The molecule has 0 aliphatic heterocycles. The molecule has 140 valence electrons. The van der Waals surface area contributed by atoms with Crippen LogP contribution in [0.4, 0.5) is 13.2 Å². The van der Waals surface area contributed by atoms with Gasteiger partial charge in [0, 0.05) is 6.54 Å². The highest BCUT2D eigenvalue weighted by molar-refractivity contribution is 5.78. The summed E-state index contributed by atoms with van der Waals surface area (Å²) in [5.41, 5.74) is 0.124. The first-order valence-electron chi connectivity index (χ1n) is 8.05. The van der Waals surface area contributed by atoms with Crippen LogP contribution in [0.15, 0.2) is 54.6 Å². The summed E-state index contributed by atoms with van der Waals surface area (Å²) in [5.74, 6) is -0.406. The molecule has 2 aromatic rings. The normalized spacial score (nSPS) is 12.7. The fourth-order valence-corrected chi connectivity index (χ4v) is 2.43. The lowest BCUT2D eigenvalue weighted by Gasteiger charge is -2.23. The Kier molecular flexibility index (Phi) is 6.63. The van der Waals surface area contributed by atoms with Crippen LogP contribution in [-0.4, -0.2) is 38.1 Å². The van der Waals surface area contributed by atoms with E-state index in [-0.39, 0.29) is 18.4 Å². The Morgan fingerprint density at radius 2 is 1.81 bits per heavy atom. The largest absolute Gasteiger partial charge is 0.484 e. The molecule has 0 aromatic heterocycles. The predicted molar refractivity (Wildman–Crippen MR) is 92.8 cm³/mol. The first-order chi connectivity index (χ1) is 12.3. The molecule has 0 aliphatic rings. The highest BCUT2D eigenvalue weighted by Crippen LogP contribution is 2.31. The molecule has 0 unspecified atom stereocenters. The van der Waals surface area contributed by atoms with Gasteiger partial charge in [-0.2, -0.15) is 13.2 Å². The third kappa shape index (κ3) is 6.07. The number of likely N-dealkylation sites (N-methyl/N-ethyl adjacent to an activating group) is 1. The SMILES string of the molecule is CN(C)C[C@@H](NC(=O)COc1cccc(C(F)(F)F)c1)c1ccccc1. The first-order valence-corrected chi connectivity index (χ1v) is 8.05. The number of benzene rings is 2. The van der Waals surface area contributed by atoms with Crippen molar-refractivity contribution in [2.75, 3.05) is 27.2 Å². The molecular formula is C19H21F3N2O2. The van der Waals surface area contributed by atoms with Crippen molar-refractivity contribution >= 4 is 5.91 Å². The quantitative estimate of drug-likeness (QED) is 0.816. The van der Waals surface area contributed by atoms with Gasteiger partial charge in [0.05, 0.1) is 11.6 Å². The number of hydrogen-bond donors (Lipinski definition) is 1. The monoisotopic (exact) mass is 366 g/mol. The van der Waals surface area contributed by atoms with E-state index in [1.165, 1.54) is 12.1 Å². The Hall–Kier alpha value is -2.54. The Morgan fingerprint density at radius 3 is 2.42 bits per heavy atom. The molecule has 2 rings (SSSR count). The molecule has 0 radical (unpaired) electrons. The molecule has 0 aliphatic carbocycles. The molecular weight excluding hydrogens is 345 g/mol. The molecule has 0 spiro atoms. The van der Waals surface area contributed by atoms with Gasteiger partial charge in [-0.05, 0) is 37.9 Å². The highest BCUT2D eigenvalue weighted by atomic mass is 19.4. The zero-order chi connectivity index (χ0) is 19.2. The molecule has 26 heavy (non-hydrogen) atoms. The summed E-state index contributed by atoms with van der Waals surface area (Å²) in [4.78, 5) is 14.1. The molecule has 0 saturated heterocycles. The van der Waals surface area contributed by atoms with Gasteiger partial charge in [0.25, 0.3) is 5.91 Å². The van der Waals surface area contributed by atoms with E-state index in [1.54, 1.807) is 0 Å². The molecule has 1 N–H and O–H groups in total. The number of rotatable bonds is 7. The molecule has 7 heteroatoms. The second-order valence-corrected chi connectivity index (χ2v) is 6.11. The maximum absolute atomic E-state index is 12.7. The minimum atomic E-state index is -4.45. The lowest BCUT2D eigenvalue weighted by atomic mass is 10.1. The summed E-state index contributed by atoms with van der Waals surface area (Å²) >= 11 is 0. The predicted octanol–water partition coefficient (Wildman–Crippen LogP) is 3.50. The fourth-order valence-electron chi connectivity index (χ4n) is 2.43. The molecule has 0 bridgehead atoms. The zero-order valence-corrected chi connectivity index (χ0v) is 14.6. The Balaban J connectivity index is 1.98. The average molecular weight is 366 g/mol. The van der Waals surface area contributed by atoms with Crippen molar-refractivity contribution in [3.05, 3.63) is 65.7 Å². The van der Waals surface area contributed by atoms with E-state index in [9.17, 15) is 18.0 Å². The number of amides is 1. The second-order valence-electron chi connectivity index (χ2n) is 6.11. The number of nitrogens with zero attached hydrogens (tertiary/aromatic N) is 1. The maximum Gasteiger partial charge on any atom is 0.416 e. The van der Waals surface area contributed by atoms with Gasteiger partial charge in [-0.15, -0.1) is 0 Å². The van der Waals surface area contributed by atoms with Gasteiger partial charge in [-0.25, -0.2) is 0 Å². The van der Waals surface area contributed by atoms with E-state index in [0.717, 1.165) is 17.7 Å². The number of carbonyl (C=O) groups excluding carboxylic acids is 1. The van der Waals surface area contributed by atoms with Gasteiger partial charge in [0.15, 0.2) is 6.61 Å².